The number of pyridine rings is 1. The molecule has 7 heteroatoms. The number of carbonyl (C=O) groups is 2. The molecule has 1 unspecified atom stereocenters. The van der Waals surface area contributed by atoms with E-state index in [1.807, 2.05) is 18.3 Å². The van der Waals surface area contributed by atoms with E-state index in [4.69, 9.17) is 0 Å². The Morgan fingerprint density at radius 3 is 2.88 bits per heavy atom. The number of ketones is 1. The molecule has 1 saturated heterocycles. The van der Waals surface area contributed by atoms with Gasteiger partial charge in [-0.15, -0.1) is 12.4 Å². The van der Waals surface area contributed by atoms with Crippen LogP contribution in [0.1, 0.15) is 28.9 Å². The average molecular weight is 375 g/mol. The van der Waals surface area contributed by atoms with Crippen LogP contribution in [-0.4, -0.2) is 47.8 Å². The Hall–Kier alpha value is -2.28. The van der Waals surface area contributed by atoms with E-state index in [1.165, 1.54) is 6.92 Å². The molecule has 1 amide bonds. The molecule has 138 valence electrons. The lowest BCUT2D eigenvalue weighted by Gasteiger charge is -2.35. The highest BCUT2D eigenvalue weighted by Gasteiger charge is 2.25. The van der Waals surface area contributed by atoms with Crippen molar-refractivity contribution in [2.24, 2.45) is 0 Å². The summed E-state index contributed by atoms with van der Waals surface area (Å²) in [5, 5.41) is 6.26. The van der Waals surface area contributed by atoms with Crippen LogP contribution in [-0.2, 0) is 4.79 Å². The molecule has 26 heavy (non-hydrogen) atoms. The maximum Gasteiger partial charge on any atom is 0.238 e. The number of hydrogen-bond donors (Lipinski definition) is 2. The second-order valence-corrected chi connectivity index (χ2v) is 6.16. The van der Waals surface area contributed by atoms with E-state index in [0.717, 1.165) is 25.2 Å². The normalized spacial score (nSPS) is 17.2. The summed E-state index contributed by atoms with van der Waals surface area (Å²) >= 11 is 0. The molecule has 2 heterocycles. The minimum Gasteiger partial charge on any atom is -0.325 e. The van der Waals surface area contributed by atoms with Gasteiger partial charge in [0.25, 0.3) is 0 Å². The zero-order valence-electron chi connectivity index (χ0n) is 14.6. The largest absolute Gasteiger partial charge is 0.325 e. The number of halogens is 1. The first-order valence-corrected chi connectivity index (χ1v) is 8.39. The molecular formula is C19H23ClN4O2. The van der Waals surface area contributed by atoms with Gasteiger partial charge in [0.15, 0.2) is 5.78 Å². The van der Waals surface area contributed by atoms with Gasteiger partial charge in [-0.25, -0.2) is 0 Å². The lowest BCUT2D eigenvalue weighted by molar-refractivity contribution is -0.118. The van der Waals surface area contributed by atoms with Crippen LogP contribution in [0.2, 0.25) is 0 Å². The van der Waals surface area contributed by atoms with Gasteiger partial charge in [0.2, 0.25) is 5.91 Å². The smallest absolute Gasteiger partial charge is 0.238 e. The van der Waals surface area contributed by atoms with Crippen molar-refractivity contribution in [2.75, 3.05) is 31.5 Å². The highest BCUT2D eigenvalue weighted by Crippen LogP contribution is 2.21. The van der Waals surface area contributed by atoms with Crippen LogP contribution < -0.4 is 10.6 Å². The van der Waals surface area contributed by atoms with Crippen LogP contribution in [0.25, 0.3) is 0 Å². The van der Waals surface area contributed by atoms with Gasteiger partial charge in [-0.2, -0.15) is 0 Å². The maximum atomic E-state index is 12.5. The first-order valence-electron chi connectivity index (χ1n) is 8.39. The molecule has 0 bridgehead atoms. The zero-order chi connectivity index (χ0) is 17.6. The summed E-state index contributed by atoms with van der Waals surface area (Å²) in [5.41, 5.74) is 2.33. The van der Waals surface area contributed by atoms with E-state index in [2.05, 4.69) is 20.5 Å². The number of amides is 1. The van der Waals surface area contributed by atoms with Gasteiger partial charge in [-0.3, -0.25) is 19.5 Å². The van der Waals surface area contributed by atoms with E-state index in [1.54, 1.807) is 30.5 Å². The molecule has 2 aromatic rings. The fourth-order valence-electron chi connectivity index (χ4n) is 3.04. The molecule has 2 N–H and O–H groups in total. The molecule has 1 aliphatic rings. The van der Waals surface area contributed by atoms with Gasteiger partial charge in [0.1, 0.15) is 0 Å². The fourth-order valence-corrected chi connectivity index (χ4v) is 3.04. The Labute approximate surface area is 159 Å². The molecule has 6 nitrogen and oxygen atoms in total. The van der Waals surface area contributed by atoms with Crippen molar-refractivity contribution < 1.29 is 9.59 Å². The number of nitrogens with one attached hydrogen (secondary N) is 2. The van der Waals surface area contributed by atoms with Crippen molar-refractivity contribution in [2.45, 2.75) is 13.0 Å². The molecule has 0 aliphatic carbocycles. The van der Waals surface area contributed by atoms with Crippen LogP contribution >= 0.6 is 12.4 Å². The molecule has 1 atom stereocenters. The number of Topliss-reactive ketones (excluding diaryl/α,β-unsaturated/α-hetero) is 1. The molecule has 1 fully saturated rings. The summed E-state index contributed by atoms with van der Waals surface area (Å²) in [5.74, 6) is -0.105. The number of nitrogens with zero attached hydrogens (tertiary/aromatic N) is 2. The number of piperazine rings is 1. The molecule has 1 aromatic carbocycles. The number of anilines is 1. The predicted molar refractivity (Wildman–Crippen MR) is 104 cm³/mol. The first kappa shape index (κ1) is 20.0. The van der Waals surface area contributed by atoms with Crippen LogP contribution in [0.5, 0.6) is 0 Å². The van der Waals surface area contributed by atoms with Crippen molar-refractivity contribution in [3.8, 4) is 0 Å². The van der Waals surface area contributed by atoms with Crippen LogP contribution in [0.15, 0.2) is 48.8 Å². The lowest BCUT2D eigenvalue weighted by Crippen LogP contribution is -2.48. The summed E-state index contributed by atoms with van der Waals surface area (Å²) in [4.78, 5) is 30.3. The van der Waals surface area contributed by atoms with Crippen molar-refractivity contribution in [1.29, 1.82) is 0 Å². The Morgan fingerprint density at radius 2 is 2.15 bits per heavy atom. The molecule has 1 aliphatic heterocycles. The van der Waals surface area contributed by atoms with Crippen LogP contribution in [0, 0.1) is 0 Å². The summed E-state index contributed by atoms with van der Waals surface area (Å²) in [7, 11) is 0. The number of rotatable bonds is 5. The number of benzene rings is 1. The summed E-state index contributed by atoms with van der Waals surface area (Å²) in [6, 6.07) is 11.1. The summed E-state index contributed by atoms with van der Waals surface area (Å²) in [6.07, 6.45) is 3.59. The Morgan fingerprint density at radius 1 is 1.31 bits per heavy atom. The second-order valence-electron chi connectivity index (χ2n) is 6.16. The Kier molecular flexibility index (Phi) is 7.26. The van der Waals surface area contributed by atoms with E-state index >= 15 is 0 Å². The highest BCUT2D eigenvalue weighted by atomic mass is 35.5. The van der Waals surface area contributed by atoms with Gasteiger partial charge in [0.05, 0.1) is 6.54 Å². The molecule has 0 saturated carbocycles. The Balaban J connectivity index is 0.00000243. The standard InChI is InChI=1S/C19H22N4O2.ClH/c1-14(24)15-4-2-6-17(10-15)22-19(25)13-23-9-8-21-12-18(23)16-5-3-7-20-11-16;/h2-7,10-11,18,21H,8-9,12-13H2,1H3,(H,22,25);1H. The minimum absolute atomic E-state index is 0. The molecule has 0 radical (unpaired) electrons. The molecule has 3 rings (SSSR count). The van der Waals surface area contributed by atoms with Crippen molar-refractivity contribution >= 4 is 29.8 Å². The van der Waals surface area contributed by atoms with Gasteiger partial charge >= 0.3 is 0 Å². The molecule has 0 spiro atoms. The number of aromatic nitrogens is 1. The van der Waals surface area contributed by atoms with Crippen molar-refractivity contribution in [3.05, 3.63) is 59.9 Å². The van der Waals surface area contributed by atoms with Gasteiger partial charge in [0, 0.05) is 49.3 Å². The summed E-state index contributed by atoms with van der Waals surface area (Å²) < 4.78 is 0. The van der Waals surface area contributed by atoms with Crippen LogP contribution in [0.3, 0.4) is 0 Å². The minimum atomic E-state index is -0.0866. The highest BCUT2D eigenvalue weighted by molar-refractivity contribution is 5.97. The quantitative estimate of drug-likeness (QED) is 0.785. The van der Waals surface area contributed by atoms with Crippen molar-refractivity contribution in [1.82, 2.24) is 15.2 Å². The Bertz CT molecular complexity index is 754. The molecule has 1 aromatic heterocycles. The number of carbonyl (C=O) groups excluding carboxylic acids is 2. The van der Waals surface area contributed by atoms with Crippen LogP contribution in [0.4, 0.5) is 5.69 Å². The van der Waals surface area contributed by atoms with E-state index in [9.17, 15) is 9.59 Å². The van der Waals surface area contributed by atoms with E-state index in [0.29, 0.717) is 17.8 Å². The fraction of sp³-hybridized carbons (Fsp3) is 0.316. The van der Waals surface area contributed by atoms with Gasteiger partial charge in [-0.05, 0) is 30.7 Å². The van der Waals surface area contributed by atoms with Gasteiger partial charge in [-0.1, -0.05) is 18.2 Å². The third kappa shape index (κ3) is 5.11. The zero-order valence-corrected chi connectivity index (χ0v) is 15.5. The first-order chi connectivity index (χ1) is 12.1. The van der Waals surface area contributed by atoms with E-state index in [-0.39, 0.29) is 30.1 Å². The van der Waals surface area contributed by atoms with Crippen molar-refractivity contribution in [3.63, 3.8) is 0 Å². The third-order valence-electron chi connectivity index (χ3n) is 4.32. The van der Waals surface area contributed by atoms with E-state index < -0.39 is 0 Å². The topological polar surface area (TPSA) is 74.3 Å². The molecular weight excluding hydrogens is 352 g/mol. The second kappa shape index (κ2) is 9.43. The SMILES string of the molecule is CC(=O)c1cccc(NC(=O)CN2CCNCC2c2cccnc2)c1.Cl. The third-order valence-corrected chi connectivity index (χ3v) is 4.32. The van der Waals surface area contributed by atoms with Gasteiger partial charge < -0.3 is 10.6 Å². The number of hydrogen-bond acceptors (Lipinski definition) is 5. The maximum absolute atomic E-state index is 12.5. The summed E-state index contributed by atoms with van der Waals surface area (Å²) in [6.45, 7) is 4.24. The monoisotopic (exact) mass is 374 g/mol. The predicted octanol–water partition coefficient (Wildman–Crippen LogP) is 2.29. The average Bonchev–Trinajstić information content (AvgIpc) is 2.63. The lowest BCUT2D eigenvalue weighted by atomic mass is 10.1.